The average molecular weight is 641 g/mol. The van der Waals surface area contributed by atoms with E-state index < -0.39 is 26.6 Å². The molecule has 1 saturated heterocycles. The minimum atomic E-state index is -3.69. The topological polar surface area (TPSA) is 110 Å². The van der Waals surface area contributed by atoms with E-state index in [2.05, 4.69) is 26.3 Å². The number of carbonyl (C=O) groups excluding carboxylic acids is 2. The summed E-state index contributed by atoms with van der Waals surface area (Å²) in [6.45, 7) is 1.93. The van der Waals surface area contributed by atoms with E-state index in [9.17, 15) is 18.0 Å². The van der Waals surface area contributed by atoms with Gasteiger partial charge in [-0.2, -0.15) is 0 Å². The van der Waals surface area contributed by atoms with Gasteiger partial charge >= 0.3 is 0 Å². The Bertz CT molecular complexity index is 1950. The average Bonchev–Trinajstić information content (AvgIpc) is 3.99. The number of hydrogen-bond acceptors (Lipinski definition) is 6. The number of methoxy groups -OCH3 is 1. The molecule has 9 rings (SSSR count). The normalized spacial score (nSPS) is 26.9. The summed E-state index contributed by atoms with van der Waals surface area (Å²) in [7, 11) is -2.00. The second kappa shape index (κ2) is 10.2. The molecule has 3 aliphatic heterocycles. The van der Waals surface area contributed by atoms with Crippen LogP contribution in [-0.2, 0) is 21.4 Å². The Balaban J connectivity index is 1.23. The molecule has 2 amide bonds. The Kier molecular flexibility index (Phi) is 6.31. The van der Waals surface area contributed by atoms with Gasteiger partial charge in [-0.3, -0.25) is 14.6 Å². The highest BCUT2D eigenvalue weighted by atomic mass is 32.2. The Hall–Kier alpha value is -3.66. The van der Waals surface area contributed by atoms with Crippen molar-refractivity contribution in [1.82, 2.24) is 14.2 Å². The minimum Gasteiger partial charge on any atom is -0.497 e. The van der Waals surface area contributed by atoms with Crippen LogP contribution in [0, 0.1) is 5.41 Å². The molecule has 240 valence electrons. The van der Waals surface area contributed by atoms with Gasteiger partial charge in [0.25, 0.3) is 5.91 Å². The molecule has 10 heteroatoms. The zero-order valence-corrected chi connectivity index (χ0v) is 27.1. The second-order valence-corrected chi connectivity index (χ2v) is 16.4. The lowest BCUT2D eigenvalue weighted by molar-refractivity contribution is -0.138. The van der Waals surface area contributed by atoms with Crippen molar-refractivity contribution in [2.24, 2.45) is 10.4 Å². The molecule has 2 aromatic carbocycles. The van der Waals surface area contributed by atoms with Crippen LogP contribution in [0.2, 0.25) is 0 Å². The summed E-state index contributed by atoms with van der Waals surface area (Å²) in [6.07, 6.45) is 9.52. The van der Waals surface area contributed by atoms with Gasteiger partial charge in [0.1, 0.15) is 5.75 Å². The molecule has 2 bridgehead atoms. The fraction of sp³-hybridized carbons (Fsp3) is 0.528. The Morgan fingerprint density at radius 3 is 2.61 bits per heavy atom. The molecule has 3 unspecified atom stereocenters. The van der Waals surface area contributed by atoms with Gasteiger partial charge in [0.05, 0.1) is 30.0 Å². The number of likely N-dealkylation sites (tertiary alicyclic amines) is 1. The van der Waals surface area contributed by atoms with Crippen LogP contribution in [0.5, 0.6) is 5.75 Å². The summed E-state index contributed by atoms with van der Waals surface area (Å²) in [5.41, 5.74) is 6.51. The number of sulfonamides is 1. The Labute approximate surface area is 269 Å². The number of aromatic nitrogens is 1. The lowest BCUT2D eigenvalue weighted by atomic mass is 9.81. The monoisotopic (exact) mass is 640 g/mol. The molecule has 1 N–H and O–H groups in total. The van der Waals surface area contributed by atoms with Gasteiger partial charge in [-0.1, -0.05) is 25.3 Å². The van der Waals surface area contributed by atoms with Crippen LogP contribution in [-0.4, -0.2) is 66.9 Å². The van der Waals surface area contributed by atoms with Crippen molar-refractivity contribution in [2.45, 2.75) is 93.9 Å². The van der Waals surface area contributed by atoms with Crippen LogP contribution in [0.25, 0.3) is 22.2 Å². The quantitative estimate of drug-likeness (QED) is 0.382. The fourth-order valence-electron chi connectivity index (χ4n) is 9.11. The number of aliphatic imine (C=N–C) groups is 1. The predicted molar refractivity (Wildman–Crippen MR) is 176 cm³/mol. The van der Waals surface area contributed by atoms with Crippen LogP contribution < -0.4 is 9.46 Å². The lowest BCUT2D eigenvalue weighted by Gasteiger charge is -2.29. The van der Waals surface area contributed by atoms with E-state index in [-0.39, 0.29) is 17.9 Å². The number of fused-ring (bicyclic) bond motifs is 9. The van der Waals surface area contributed by atoms with Gasteiger partial charge in [-0.25, -0.2) is 13.1 Å². The summed E-state index contributed by atoms with van der Waals surface area (Å²) >= 11 is 0. The van der Waals surface area contributed by atoms with Gasteiger partial charge in [0.15, 0.2) is 0 Å². The third-order valence-corrected chi connectivity index (χ3v) is 13.6. The number of rotatable bonds is 6. The number of nitrogens with zero attached hydrogens (tertiary/aromatic N) is 3. The highest BCUT2D eigenvalue weighted by Gasteiger charge is 2.64. The molecule has 4 fully saturated rings. The molecule has 46 heavy (non-hydrogen) atoms. The maximum absolute atomic E-state index is 14.8. The number of nitrogens with one attached hydrogen (secondary N) is 1. The van der Waals surface area contributed by atoms with E-state index in [1.54, 1.807) is 13.2 Å². The number of ether oxygens (including phenoxy) is 1. The third-order valence-electron chi connectivity index (χ3n) is 11.7. The van der Waals surface area contributed by atoms with E-state index in [1.807, 2.05) is 18.2 Å². The predicted octanol–water partition coefficient (Wildman–Crippen LogP) is 5.52. The molecule has 1 aromatic heterocycles. The summed E-state index contributed by atoms with van der Waals surface area (Å²) in [6, 6.07) is 12.2. The highest BCUT2D eigenvalue weighted by molar-refractivity contribution is 7.91. The molecule has 3 atom stereocenters. The maximum Gasteiger partial charge on any atom is 0.264 e. The van der Waals surface area contributed by atoms with Gasteiger partial charge in [0, 0.05) is 59.2 Å². The van der Waals surface area contributed by atoms with E-state index >= 15 is 0 Å². The maximum atomic E-state index is 14.8. The Morgan fingerprint density at radius 2 is 1.85 bits per heavy atom. The molecule has 9 nitrogen and oxygen atoms in total. The summed E-state index contributed by atoms with van der Waals surface area (Å²) in [5, 5.41) is 0.614. The first-order valence-corrected chi connectivity index (χ1v) is 18.6. The molecule has 3 saturated carbocycles. The van der Waals surface area contributed by atoms with E-state index in [0.29, 0.717) is 37.4 Å². The van der Waals surface area contributed by atoms with Crippen molar-refractivity contribution in [3.63, 3.8) is 0 Å². The van der Waals surface area contributed by atoms with Crippen molar-refractivity contribution >= 4 is 38.5 Å². The zero-order valence-electron chi connectivity index (χ0n) is 26.3. The largest absolute Gasteiger partial charge is 0.497 e. The molecule has 0 spiro atoms. The molecule has 0 radical (unpaired) electrons. The van der Waals surface area contributed by atoms with Crippen LogP contribution in [0.3, 0.4) is 0 Å². The molecule has 6 aliphatic rings. The van der Waals surface area contributed by atoms with Crippen LogP contribution >= 0.6 is 0 Å². The first kappa shape index (κ1) is 28.6. The number of benzene rings is 2. The number of carbonyl (C=O) groups is 2. The van der Waals surface area contributed by atoms with Crippen molar-refractivity contribution in [2.75, 3.05) is 20.2 Å². The van der Waals surface area contributed by atoms with E-state index in [4.69, 9.17) is 9.73 Å². The zero-order chi connectivity index (χ0) is 31.4. The summed E-state index contributed by atoms with van der Waals surface area (Å²) in [4.78, 5) is 35.0. The first-order chi connectivity index (χ1) is 22.3. The van der Waals surface area contributed by atoms with Crippen molar-refractivity contribution in [1.29, 1.82) is 0 Å². The first-order valence-electron chi connectivity index (χ1n) is 17.0. The van der Waals surface area contributed by atoms with Crippen LogP contribution in [0.15, 0.2) is 41.4 Å². The standard InChI is InChI=1S/C36H40N4O5S/c1-45-25-8-12-27-29(17-25)30-18-36(30,35(42)39-19-23-16-24(39)13-14-37-23)20-40-31-15-22(34(41)38-46(43,44)26-9-10-26)7-11-28(31)32(33(27)40)21-5-3-2-4-6-21/h7-8,11-12,15,17,21,24,26,30H,2-6,9-10,13-14,16,18-20H2,1H3,(H,38,41). The summed E-state index contributed by atoms with van der Waals surface area (Å²) < 4.78 is 35.8. The van der Waals surface area contributed by atoms with E-state index in [0.717, 1.165) is 72.3 Å². The second-order valence-electron chi connectivity index (χ2n) is 14.5. The van der Waals surface area contributed by atoms with Crippen molar-refractivity contribution < 1.29 is 22.7 Å². The Morgan fingerprint density at radius 1 is 1.02 bits per heavy atom. The molecular weight excluding hydrogens is 600 g/mol. The summed E-state index contributed by atoms with van der Waals surface area (Å²) in [5.74, 6) is 0.841. The minimum absolute atomic E-state index is 0.0665. The molecule has 4 heterocycles. The molecule has 3 aromatic rings. The fourth-order valence-corrected chi connectivity index (χ4v) is 10.4. The van der Waals surface area contributed by atoms with Crippen LogP contribution in [0.1, 0.15) is 97.5 Å². The number of amides is 2. The van der Waals surface area contributed by atoms with E-state index in [1.165, 1.54) is 30.4 Å². The third kappa shape index (κ3) is 4.31. The van der Waals surface area contributed by atoms with Gasteiger partial charge < -0.3 is 14.2 Å². The van der Waals surface area contributed by atoms with Crippen molar-refractivity contribution in [3.8, 4) is 17.0 Å². The SMILES string of the molecule is COc1ccc2c(c1)C1CC1(C(=O)N1CC3=NCCC1C3)Cn1c-2c(C2CCCCC2)c2ccc(C(=O)NS(=O)(=O)C3CC3)cc21. The van der Waals surface area contributed by atoms with Gasteiger partial charge in [-0.05, 0) is 85.9 Å². The van der Waals surface area contributed by atoms with Gasteiger partial charge in [0.2, 0.25) is 15.9 Å². The van der Waals surface area contributed by atoms with Crippen molar-refractivity contribution in [3.05, 3.63) is 53.1 Å². The molecular formula is C36H40N4O5S. The number of hydrogen-bond donors (Lipinski definition) is 1. The van der Waals surface area contributed by atoms with Crippen LogP contribution in [0.4, 0.5) is 0 Å². The molecule has 3 aliphatic carbocycles. The lowest BCUT2D eigenvalue weighted by Crippen LogP contribution is -2.42. The van der Waals surface area contributed by atoms with Gasteiger partial charge in [-0.15, -0.1) is 0 Å². The highest BCUT2D eigenvalue weighted by Crippen LogP contribution is 2.66. The smallest absolute Gasteiger partial charge is 0.264 e.